The highest BCUT2D eigenvalue weighted by Gasteiger charge is 2.21. The fourth-order valence-corrected chi connectivity index (χ4v) is 3.25. The summed E-state index contributed by atoms with van der Waals surface area (Å²) in [4.78, 5) is 2.71. The van der Waals surface area contributed by atoms with E-state index in [4.69, 9.17) is 4.42 Å². The highest BCUT2D eigenvalue weighted by atomic mass is 32.1. The van der Waals surface area contributed by atoms with E-state index in [9.17, 15) is 0 Å². The summed E-state index contributed by atoms with van der Waals surface area (Å²) in [5, 5.41) is 3.51. The van der Waals surface area contributed by atoms with Crippen molar-refractivity contribution in [2.24, 2.45) is 0 Å². The Balaban J connectivity index is 2.42. The molecule has 0 spiro atoms. The van der Waals surface area contributed by atoms with Gasteiger partial charge in [0, 0.05) is 9.75 Å². The molecule has 0 aliphatic rings. The highest BCUT2D eigenvalue weighted by molar-refractivity contribution is 7.12. The second-order valence-corrected chi connectivity index (χ2v) is 5.65. The minimum Gasteiger partial charge on any atom is -0.467 e. The van der Waals surface area contributed by atoms with Gasteiger partial charge in [0.05, 0.1) is 6.26 Å². The van der Waals surface area contributed by atoms with Crippen molar-refractivity contribution >= 4 is 11.3 Å². The molecule has 2 aromatic rings. The zero-order valence-electron chi connectivity index (χ0n) is 10.8. The first-order chi connectivity index (χ1) is 8.13. The van der Waals surface area contributed by atoms with Gasteiger partial charge in [-0.25, -0.2) is 0 Å². The van der Waals surface area contributed by atoms with E-state index in [2.05, 4.69) is 39.1 Å². The van der Waals surface area contributed by atoms with Crippen molar-refractivity contribution in [3.05, 3.63) is 45.0 Å². The van der Waals surface area contributed by atoms with Crippen molar-refractivity contribution in [1.29, 1.82) is 0 Å². The summed E-state index contributed by atoms with van der Waals surface area (Å²) in [5.74, 6) is 1.04. The van der Waals surface area contributed by atoms with E-state index >= 15 is 0 Å². The summed E-state index contributed by atoms with van der Waals surface area (Å²) in [7, 11) is 0. The molecule has 0 aliphatic carbocycles. The van der Waals surface area contributed by atoms with Crippen LogP contribution in [0.25, 0.3) is 0 Å². The lowest BCUT2D eigenvalue weighted by Gasteiger charge is -2.16. The van der Waals surface area contributed by atoms with Crippen LogP contribution in [0.2, 0.25) is 0 Å². The van der Waals surface area contributed by atoms with Crippen molar-refractivity contribution in [3.63, 3.8) is 0 Å². The van der Waals surface area contributed by atoms with Crippen LogP contribution in [0.15, 0.2) is 22.8 Å². The monoisotopic (exact) mass is 249 g/mol. The molecule has 0 saturated heterocycles. The quantitative estimate of drug-likeness (QED) is 0.887. The number of hydrogen-bond acceptors (Lipinski definition) is 3. The van der Waals surface area contributed by atoms with Crippen LogP contribution >= 0.6 is 11.3 Å². The number of hydrogen-bond donors (Lipinski definition) is 1. The van der Waals surface area contributed by atoms with E-state index in [1.165, 1.54) is 20.9 Å². The number of nitrogens with one attached hydrogen (secondary N) is 1. The molecule has 1 unspecified atom stereocenters. The first-order valence-corrected chi connectivity index (χ1v) is 6.79. The van der Waals surface area contributed by atoms with Gasteiger partial charge in [0.25, 0.3) is 0 Å². The molecule has 0 aromatic carbocycles. The Hall–Kier alpha value is -1.06. The molecule has 1 atom stereocenters. The van der Waals surface area contributed by atoms with Crippen molar-refractivity contribution in [1.82, 2.24) is 5.32 Å². The minimum absolute atomic E-state index is 0.189. The van der Waals surface area contributed by atoms with Gasteiger partial charge in [-0.2, -0.15) is 0 Å². The molecule has 0 amide bonds. The van der Waals surface area contributed by atoms with Gasteiger partial charge in [0.2, 0.25) is 0 Å². The van der Waals surface area contributed by atoms with Crippen LogP contribution < -0.4 is 5.32 Å². The third-order valence-corrected chi connectivity index (χ3v) is 4.13. The Kier molecular flexibility index (Phi) is 3.69. The summed E-state index contributed by atoms with van der Waals surface area (Å²) in [6.45, 7) is 9.47. The lowest BCUT2D eigenvalue weighted by atomic mass is 10.1. The van der Waals surface area contributed by atoms with Gasteiger partial charge < -0.3 is 9.73 Å². The highest BCUT2D eigenvalue weighted by Crippen LogP contribution is 2.33. The van der Waals surface area contributed by atoms with E-state index in [0.717, 1.165) is 12.3 Å². The average Bonchev–Trinajstić information content (AvgIpc) is 2.82. The van der Waals surface area contributed by atoms with Gasteiger partial charge in [0.1, 0.15) is 11.8 Å². The molecule has 2 rings (SSSR count). The van der Waals surface area contributed by atoms with Crippen LogP contribution in [-0.4, -0.2) is 6.54 Å². The summed E-state index contributed by atoms with van der Waals surface area (Å²) < 4.78 is 5.64. The standard InChI is InChI=1S/C14H19NOS/c1-5-15-12(13-9(2)6-7-16-13)14-10(3)8-11(4)17-14/h6-8,12,15H,5H2,1-4H3. The van der Waals surface area contributed by atoms with Gasteiger partial charge in [-0.05, 0) is 50.6 Å². The molecule has 2 heterocycles. The Morgan fingerprint density at radius 1 is 1.29 bits per heavy atom. The molecular weight excluding hydrogens is 230 g/mol. The molecule has 0 aliphatic heterocycles. The zero-order valence-corrected chi connectivity index (χ0v) is 11.6. The van der Waals surface area contributed by atoms with Crippen LogP contribution in [0.3, 0.4) is 0 Å². The number of furan rings is 1. The van der Waals surface area contributed by atoms with Gasteiger partial charge >= 0.3 is 0 Å². The topological polar surface area (TPSA) is 25.2 Å². The average molecular weight is 249 g/mol. The van der Waals surface area contributed by atoms with Crippen LogP contribution in [0, 0.1) is 20.8 Å². The molecule has 17 heavy (non-hydrogen) atoms. The van der Waals surface area contributed by atoms with Crippen molar-refractivity contribution < 1.29 is 4.42 Å². The SMILES string of the molecule is CCNC(c1occc1C)c1sc(C)cc1C. The molecule has 1 N–H and O–H groups in total. The second-order valence-electron chi connectivity index (χ2n) is 4.36. The fraction of sp³-hybridized carbons (Fsp3) is 0.429. The molecule has 2 nitrogen and oxygen atoms in total. The molecule has 2 aromatic heterocycles. The van der Waals surface area contributed by atoms with Crippen molar-refractivity contribution in [2.75, 3.05) is 6.54 Å². The van der Waals surface area contributed by atoms with Crippen LogP contribution in [0.4, 0.5) is 0 Å². The van der Waals surface area contributed by atoms with E-state index in [-0.39, 0.29) is 6.04 Å². The molecule has 0 saturated carbocycles. The zero-order chi connectivity index (χ0) is 12.4. The lowest BCUT2D eigenvalue weighted by molar-refractivity contribution is 0.452. The summed E-state index contributed by atoms with van der Waals surface area (Å²) in [5.41, 5.74) is 2.55. The van der Waals surface area contributed by atoms with E-state index in [1.807, 2.05) is 17.4 Å². The maximum atomic E-state index is 5.64. The number of aryl methyl sites for hydroxylation is 3. The smallest absolute Gasteiger partial charge is 0.128 e. The summed E-state index contributed by atoms with van der Waals surface area (Å²) in [6.07, 6.45) is 1.77. The molecule has 0 fully saturated rings. The predicted octanol–water partition coefficient (Wildman–Crippen LogP) is 3.97. The van der Waals surface area contributed by atoms with Gasteiger partial charge in [-0.15, -0.1) is 11.3 Å². The van der Waals surface area contributed by atoms with E-state index < -0.39 is 0 Å². The van der Waals surface area contributed by atoms with E-state index in [1.54, 1.807) is 6.26 Å². The molecule has 0 radical (unpaired) electrons. The number of rotatable bonds is 4. The minimum atomic E-state index is 0.189. The predicted molar refractivity (Wildman–Crippen MR) is 72.8 cm³/mol. The molecule has 92 valence electrons. The maximum absolute atomic E-state index is 5.64. The molecule has 3 heteroatoms. The Morgan fingerprint density at radius 3 is 2.53 bits per heavy atom. The summed E-state index contributed by atoms with van der Waals surface area (Å²) >= 11 is 1.85. The normalized spacial score (nSPS) is 12.9. The lowest BCUT2D eigenvalue weighted by Crippen LogP contribution is -2.21. The first kappa shape index (κ1) is 12.4. The molecular formula is C14H19NOS. The van der Waals surface area contributed by atoms with Crippen LogP contribution in [0.1, 0.15) is 39.6 Å². The van der Waals surface area contributed by atoms with Crippen molar-refractivity contribution in [2.45, 2.75) is 33.7 Å². The largest absolute Gasteiger partial charge is 0.467 e. The second kappa shape index (κ2) is 5.07. The van der Waals surface area contributed by atoms with Gasteiger partial charge in [-0.3, -0.25) is 0 Å². The Morgan fingerprint density at radius 2 is 2.06 bits per heavy atom. The van der Waals surface area contributed by atoms with E-state index in [0.29, 0.717) is 0 Å². The Bertz CT molecular complexity index is 498. The third-order valence-electron chi connectivity index (χ3n) is 2.91. The van der Waals surface area contributed by atoms with Crippen LogP contribution in [-0.2, 0) is 0 Å². The van der Waals surface area contributed by atoms with Gasteiger partial charge in [0.15, 0.2) is 0 Å². The Labute approximate surface area is 107 Å². The fourth-order valence-electron chi connectivity index (χ4n) is 2.13. The number of thiophene rings is 1. The third kappa shape index (κ3) is 2.45. The van der Waals surface area contributed by atoms with Gasteiger partial charge in [-0.1, -0.05) is 6.92 Å². The summed E-state index contributed by atoms with van der Waals surface area (Å²) in [6, 6.07) is 4.45. The van der Waals surface area contributed by atoms with Crippen LogP contribution in [0.5, 0.6) is 0 Å². The maximum Gasteiger partial charge on any atom is 0.128 e. The van der Waals surface area contributed by atoms with Crippen molar-refractivity contribution in [3.8, 4) is 0 Å². The molecule has 0 bridgehead atoms. The first-order valence-electron chi connectivity index (χ1n) is 5.97.